The van der Waals surface area contributed by atoms with Gasteiger partial charge in [-0.2, -0.15) is 0 Å². The Morgan fingerprint density at radius 3 is 2.59 bits per heavy atom. The van der Waals surface area contributed by atoms with Gasteiger partial charge in [0.15, 0.2) is 0 Å². The van der Waals surface area contributed by atoms with Crippen LogP contribution >= 0.6 is 0 Å². The fourth-order valence-electron chi connectivity index (χ4n) is 1.92. The van der Waals surface area contributed by atoms with E-state index in [4.69, 9.17) is 15.2 Å². The summed E-state index contributed by atoms with van der Waals surface area (Å²) in [5.74, 6) is 1.14. The van der Waals surface area contributed by atoms with Crippen LogP contribution in [0.15, 0.2) is 42.5 Å². The average Bonchev–Trinajstić information content (AvgIpc) is 2.51. The predicted octanol–water partition coefficient (Wildman–Crippen LogP) is 2.99. The first-order valence-electron chi connectivity index (χ1n) is 7.01. The van der Waals surface area contributed by atoms with E-state index >= 15 is 0 Å². The van der Waals surface area contributed by atoms with Crippen molar-refractivity contribution in [2.24, 2.45) is 0 Å². The molecule has 0 fully saturated rings. The van der Waals surface area contributed by atoms with Crippen LogP contribution in [0.5, 0.6) is 11.5 Å². The van der Waals surface area contributed by atoms with Gasteiger partial charge in [-0.15, -0.1) is 0 Å². The summed E-state index contributed by atoms with van der Waals surface area (Å²) in [6.45, 7) is 2.32. The van der Waals surface area contributed by atoms with E-state index in [0.29, 0.717) is 23.7 Å². The van der Waals surface area contributed by atoms with Gasteiger partial charge < -0.3 is 20.5 Å². The number of rotatable bonds is 6. The van der Waals surface area contributed by atoms with Crippen molar-refractivity contribution in [3.05, 3.63) is 48.0 Å². The van der Waals surface area contributed by atoms with Gasteiger partial charge in [-0.25, -0.2) is 0 Å². The second kappa shape index (κ2) is 7.36. The van der Waals surface area contributed by atoms with E-state index in [1.165, 1.54) is 12.7 Å². The number of hydrogen-bond donors (Lipinski definition) is 2. The lowest BCUT2D eigenvalue weighted by Crippen LogP contribution is -2.15. The van der Waals surface area contributed by atoms with Gasteiger partial charge in [0, 0.05) is 11.8 Å². The highest BCUT2D eigenvalue weighted by Gasteiger charge is 2.08. The maximum absolute atomic E-state index is 11.9. The number of carbonyl (C=O) groups excluding carboxylic acids is 1. The summed E-state index contributed by atoms with van der Waals surface area (Å²) in [6, 6.07) is 12.8. The molecule has 5 heteroatoms. The zero-order chi connectivity index (χ0) is 15.9. The molecule has 0 aliphatic carbocycles. The number of nitrogens with one attached hydrogen (secondary N) is 1. The van der Waals surface area contributed by atoms with Crippen LogP contribution in [0.3, 0.4) is 0 Å². The predicted molar refractivity (Wildman–Crippen MR) is 87.3 cm³/mol. The van der Waals surface area contributed by atoms with E-state index in [-0.39, 0.29) is 12.3 Å². The summed E-state index contributed by atoms with van der Waals surface area (Å²) in [6.07, 6.45) is 0.251. The highest BCUT2D eigenvalue weighted by atomic mass is 16.5. The molecular weight excluding hydrogens is 280 g/mol. The number of benzene rings is 2. The first-order valence-corrected chi connectivity index (χ1v) is 7.01. The monoisotopic (exact) mass is 300 g/mol. The van der Waals surface area contributed by atoms with Gasteiger partial charge in [-0.1, -0.05) is 17.7 Å². The maximum atomic E-state index is 11.9. The fraction of sp³-hybridized carbons (Fsp3) is 0.235. The molecule has 22 heavy (non-hydrogen) atoms. The van der Waals surface area contributed by atoms with Crippen molar-refractivity contribution < 1.29 is 14.3 Å². The van der Waals surface area contributed by atoms with Crippen molar-refractivity contribution in [3.63, 3.8) is 0 Å². The fourth-order valence-corrected chi connectivity index (χ4v) is 1.92. The third-order valence-corrected chi connectivity index (χ3v) is 3.12. The van der Waals surface area contributed by atoms with E-state index in [9.17, 15) is 4.79 Å². The zero-order valence-corrected chi connectivity index (χ0v) is 12.8. The normalized spacial score (nSPS) is 10.1. The molecule has 0 bridgehead atoms. The summed E-state index contributed by atoms with van der Waals surface area (Å²) in [7, 11) is 1.53. The average molecular weight is 300 g/mol. The van der Waals surface area contributed by atoms with Crippen molar-refractivity contribution in [1.82, 2.24) is 0 Å². The minimum atomic E-state index is -0.143. The first kappa shape index (κ1) is 15.7. The van der Waals surface area contributed by atoms with Crippen LogP contribution in [0.1, 0.15) is 12.0 Å². The second-order valence-corrected chi connectivity index (χ2v) is 4.92. The molecule has 0 atom stereocenters. The Labute approximate surface area is 130 Å². The Hall–Kier alpha value is -2.69. The summed E-state index contributed by atoms with van der Waals surface area (Å²) in [4.78, 5) is 11.9. The van der Waals surface area contributed by atoms with Crippen LogP contribution < -0.4 is 20.5 Å². The number of aryl methyl sites for hydroxylation is 1. The maximum Gasteiger partial charge on any atom is 0.227 e. The molecule has 2 aromatic carbocycles. The van der Waals surface area contributed by atoms with Crippen LogP contribution in [-0.2, 0) is 4.79 Å². The molecule has 116 valence electrons. The smallest absolute Gasteiger partial charge is 0.227 e. The number of hydrogen-bond acceptors (Lipinski definition) is 4. The standard InChI is InChI=1S/C17H20N2O3/c1-12-3-6-14(7-4-12)22-10-9-17(20)19-15-8-5-13(18)11-16(15)21-2/h3-8,11H,9-10,18H2,1-2H3,(H,19,20). The quantitative estimate of drug-likeness (QED) is 0.804. The molecular formula is C17H20N2O3. The molecule has 0 aromatic heterocycles. The van der Waals surface area contributed by atoms with E-state index in [2.05, 4.69) is 5.32 Å². The second-order valence-electron chi connectivity index (χ2n) is 4.92. The summed E-state index contributed by atoms with van der Waals surface area (Å²) in [5.41, 5.74) is 8.02. The highest BCUT2D eigenvalue weighted by molar-refractivity contribution is 5.92. The van der Waals surface area contributed by atoms with Gasteiger partial charge in [-0.3, -0.25) is 4.79 Å². The molecule has 0 aliphatic rings. The van der Waals surface area contributed by atoms with Crippen LogP contribution in [-0.4, -0.2) is 19.6 Å². The first-order chi connectivity index (χ1) is 10.6. The summed E-state index contributed by atoms with van der Waals surface area (Å²) >= 11 is 0. The molecule has 0 spiro atoms. The van der Waals surface area contributed by atoms with Gasteiger partial charge in [0.25, 0.3) is 0 Å². The van der Waals surface area contributed by atoms with Crippen molar-refractivity contribution in [1.29, 1.82) is 0 Å². The molecule has 0 aliphatic heterocycles. The molecule has 2 rings (SSSR count). The van der Waals surface area contributed by atoms with E-state index < -0.39 is 0 Å². The van der Waals surface area contributed by atoms with Gasteiger partial charge in [0.1, 0.15) is 11.5 Å². The third kappa shape index (κ3) is 4.41. The van der Waals surface area contributed by atoms with Gasteiger partial charge >= 0.3 is 0 Å². The highest BCUT2D eigenvalue weighted by Crippen LogP contribution is 2.26. The minimum Gasteiger partial charge on any atom is -0.494 e. The lowest BCUT2D eigenvalue weighted by atomic mass is 10.2. The Morgan fingerprint density at radius 1 is 1.18 bits per heavy atom. The van der Waals surface area contributed by atoms with E-state index in [0.717, 1.165) is 5.75 Å². The number of nitrogen functional groups attached to an aromatic ring is 1. The molecule has 0 heterocycles. The summed E-state index contributed by atoms with van der Waals surface area (Å²) < 4.78 is 10.7. The number of nitrogens with two attached hydrogens (primary N) is 1. The Morgan fingerprint density at radius 2 is 1.91 bits per heavy atom. The number of amides is 1. The van der Waals surface area contributed by atoms with Crippen molar-refractivity contribution in [3.8, 4) is 11.5 Å². The zero-order valence-electron chi connectivity index (χ0n) is 12.8. The van der Waals surface area contributed by atoms with E-state index in [1.54, 1.807) is 18.2 Å². The minimum absolute atomic E-state index is 0.143. The van der Waals surface area contributed by atoms with Crippen LogP contribution in [0.25, 0.3) is 0 Å². The lowest BCUT2D eigenvalue weighted by Gasteiger charge is -2.11. The van der Waals surface area contributed by atoms with Gasteiger partial charge in [0.05, 0.1) is 25.8 Å². The van der Waals surface area contributed by atoms with Crippen molar-refractivity contribution in [2.75, 3.05) is 24.8 Å². The SMILES string of the molecule is COc1cc(N)ccc1NC(=O)CCOc1ccc(C)cc1. The topological polar surface area (TPSA) is 73.6 Å². The number of ether oxygens (including phenoxy) is 2. The molecule has 0 radical (unpaired) electrons. The Balaban J connectivity index is 1.84. The molecule has 3 N–H and O–H groups in total. The third-order valence-electron chi connectivity index (χ3n) is 3.12. The van der Waals surface area contributed by atoms with Crippen LogP contribution in [0, 0.1) is 6.92 Å². The largest absolute Gasteiger partial charge is 0.494 e. The van der Waals surface area contributed by atoms with Crippen LogP contribution in [0.2, 0.25) is 0 Å². The van der Waals surface area contributed by atoms with Crippen molar-refractivity contribution >= 4 is 17.3 Å². The van der Waals surface area contributed by atoms with Crippen molar-refractivity contribution in [2.45, 2.75) is 13.3 Å². The molecule has 0 saturated heterocycles. The van der Waals surface area contributed by atoms with Gasteiger partial charge in [0.2, 0.25) is 5.91 Å². The Kier molecular flexibility index (Phi) is 5.25. The van der Waals surface area contributed by atoms with Crippen LogP contribution in [0.4, 0.5) is 11.4 Å². The molecule has 0 saturated carbocycles. The van der Waals surface area contributed by atoms with Gasteiger partial charge in [-0.05, 0) is 31.2 Å². The molecule has 5 nitrogen and oxygen atoms in total. The van der Waals surface area contributed by atoms with E-state index in [1.807, 2.05) is 31.2 Å². The molecule has 1 amide bonds. The number of methoxy groups -OCH3 is 1. The number of anilines is 2. The number of carbonyl (C=O) groups is 1. The summed E-state index contributed by atoms with van der Waals surface area (Å²) in [5, 5.41) is 2.78. The molecule has 0 unspecified atom stereocenters. The lowest BCUT2D eigenvalue weighted by molar-refractivity contribution is -0.116. The Bertz CT molecular complexity index is 639. The molecule has 2 aromatic rings.